The predicted octanol–water partition coefficient (Wildman–Crippen LogP) is 3.79. The highest BCUT2D eigenvalue weighted by atomic mass is 35.5. The van der Waals surface area contributed by atoms with Gasteiger partial charge in [0, 0.05) is 62.5 Å². The topological polar surface area (TPSA) is 49.3 Å². The van der Waals surface area contributed by atoms with E-state index in [1.165, 1.54) is 12.3 Å². The van der Waals surface area contributed by atoms with Crippen molar-refractivity contribution in [2.24, 2.45) is 5.92 Å². The normalized spacial score (nSPS) is 16.9. The molecule has 1 saturated heterocycles. The van der Waals surface area contributed by atoms with E-state index in [0.29, 0.717) is 44.2 Å². The monoisotopic (exact) mass is 406 g/mol. The van der Waals surface area contributed by atoms with Crippen molar-refractivity contribution in [3.05, 3.63) is 52.1 Å². The molecule has 0 radical (unpaired) electrons. The number of aromatic nitrogens is 2. The molecule has 0 N–H and O–H groups in total. The molecular weight excluding hydrogens is 386 g/mol. The van der Waals surface area contributed by atoms with Crippen LogP contribution in [-0.2, 0) is 17.8 Å². The largest absolute Gasteiger partial charge is 0.371 e. The van der Waals surface area contributed by atoms with Crippen LogP contribution in [0, 0.1) is 12.8 Å². The number of alkyl halides is 2. The summed E-state index contributed by atoms with van der Waals surface area (Å²) in [5.41, 5.74) is 3.66. The van der Waals surface area contributed by atoms with E-state index in [0.717, 1.165) is 22.5 Å². The van der Waals surface area contributed by atoms with E-state index < -0.39 is 6.43 Å². The Hall–Kier alpha value is -2.28. The summed E-state index contributed by atoms with van der Waals surface area (Å²) in [6, 6.07) is 4.98. The maximum absolute atomic E-state index is 12.8. The van der Waals surface area contributed by atoms with Gasteiger partial charge in [-0.15, -0.1) is 0 Å². The van der Waals surface area contributed by atoms with E-state index in [1.807, 2.05) is 22.8 Å². The summed E-state index contributed by atoms with van der Waals surface area (Å²) in [4.78, 5) is 24.7. The van der Waals surface area contributed by atoms with Gasteiger partial charge in [0.05, 0.1) is 0 Å². The minimum atomic E-state index is -2.58. The standard InChI is InChI=1S/C20H21ClF2N4O/c1-12-6-18(21)25-16-3-5-26(11-15(12)16)19(28)7-13-9-27(10-13)14-2-4-24-17(8-14)20(22)23/h2,4,6,8,13,20H,3,5,7,9-11H2,1H3. The lowest BCUT2D eigenvalue weighted by atomic mass is 9.94. The summed E-state index contributed by atoms with van der Waals surface area (Å²) in [5.74, 6) is 0.370. The Bertz CT molecular complexity index is 902. The van der Waals surface area contributed by atoms with Crippen molar-refractivity contribution in [1.82, 2.24) is 14.9 Å². The molecule has 0 aliphatic carbocycles. The summed E-state index contributed by atoms with van der Waals surface area (Å²) < 4.78 is 25.6. The van der Waals surface area contributed by atoms with Gasteiger partial charge < -0.3 is 9.80 Å². The molecule has 1 amide bonds. The lowest BCUT2D eigenvalue weighted by Crippen LogP contribution is -2.49. The molecule has 148 valence electrons. The fraction of sp³-hybridized carbons (Fsp3) is 0.450. The van der Waals surface area contributed by atoms with Gasteiger partial charge in [0.15, 0.2) is 0 Å². The molecule has 0 unspecified atom stereocenters. The fourth-order valence-corrected chi connectivity index (χ4v) is 4.17. The highest BCUT2D eigenvalue weighted by Gasteiger charge is 2.32. The smallest absolute Gasteiger partial charge is 0.280 e. The Morgan fingerprint density at radius 3 is 2.89 bits per heavy atom. The van der Waals surface area contributed by atoms with Crippen molar-refractivity contribution in [3.8, 4) is 0 Å². The first kappa shape index (κ1) is 19.1. The maximum Gasteiger partial charge on any atom is 0.280 e. The molecule has 8 heteroatoms. The second kappa shape index (κ2) is 7.62. The van der Waals surface area contributed by atoms with Gasteiger partial charge in [0.25, 0.3) is 6.43 Å². The summed E-state index contributed by atoms with van der Waals surface area (Å²) in [6.45, 7) is 4.60. The highest BCUT2D eigenvalue weighted by molar-refractivity contribution is 6.29. The molecule has 0 spiro atoms. The van der Waals surface area contributed by atoms with Crippen molar-refractivity contribution >= 4 is 23.2 Å². The number of hydrogen-bond acceptors (Lipinski definition) is 4. The van der Waals surface area contributed by atoms with Crippen LogP contribution in [0.5, 0.6) is 0 Å². The molecule has 0 bridgehead atoms. The van der Waals surface area contributed by atoms with E-state index in [1.54, 1.807) is 6.07 Å². The molecule has 5 nitrogen and oxygen atoms in total. The second-order valence-corrected chi connectivity index (χ2v) is 7.85. The molecule has 28 heavy (non-hydrogen) atoms. The zero-order valence-corrected chi connectivity index (χ0v) is 16.3. The van der Waals surface area contributed by atoms with Crippen LogP contribution in [-0.4, -0.2) is 40.4 Å². The van der Waals surface area contributed by atoms with Crippen LogP contribution in [0.1, 0.15) is 35.4 Å². The third-order valence-corrected chi connectivity index (χ3v) is 5.69. The molecule has 2 aromatic heterocycles. The lowest BCUT2D eigenvalue weighted by Gasteiger charge is -2.42. The van der Waals surface area contributed by atoms with Crippen molar-refractivity contribution in [1.29, 1.82) is 0 Å². The number of rotatable bonds is 4. The van der Waals surface area contributed by atoms with Crippen LogP contribution in [0.4, 0.5) is 14.5 Å². The van der Waals surface area contributed by atoms with Crippen molar-refractivity contribution in [2.45, 2.75) is 32.7 Å². The summed E-state index contributed by atoms with van der Waals surface area (Å²) in [6.07, 6.45) is 0.0162. The molecule has 4 heterocycles. The van der Waals surface area contributed by atoms with E-state index in [9.17, 15) is 13.6 Å². The molecule has 2 aliphatic heterocycles. The van der Waals surface area contributed by atoms with Gasteiger partial charge in [0.2, 0.25) is 5.91 Å². The van der Waals surface area contributed by atoms with E-state index in [2.05, 4.69) is 9.97 Å². The van der Waals surface area contributed by atoms with Gasteiger partial charge in [-0.3, -0.25) is 9.78 Å². The number of hydrogen-bond donors (Lipinski definition) is 0. The fourth-order valence-electron chi connectivity index (χ4n) is 3.91. The van der Waals surface area contributed by atoms with Crippen LogP contribution < -0.4 is 4.90 Å². The Kier molecular flexibility index (Phi) is 5.19. The molecule has 2 aromatic rings. The van der Waals surface area contributed by atoms with Crippen LogP contribution in [0.15, 0.2) is 24.4 Å². The zero-order valence-electron chi connectivity index (χ0n) is 15.5. The van der Waals surface area contributed by atoms with Gasteiger partial charge in [-0.2, -0.15) is 0 Å². The number of pyridine rings is 2. The molecule has 2 aliphatic rings. The molecule has 0 aromatic carbocycles. The van der Waals surface area contributed by atoms with Crippen molar-refractivity contribution in [3.63, 3.8) is 0 Å². The Morgan fingerprint density at radius 1 is 1.36 bits per heavy atom. The SMILES string of the molecule is Cc1cc(Cl)nc2c1CN(C(=O)CC1CN(c3ccnc(C(F)F)c3)C1)CC2. The average molecular weight is 407 g/mol. The molecule has 1 fully saturated rings. The second-order valence-electron chi connectivity index (χ2n) is 7.47. The number of fused-ring (bicyclic) bond motifs is 1. The summed E-state index contributed by atoms with van der Waals surface area (Å²) in [5, 5.41) is 0.497. The van der Waals surface area contributed by atoms with Crippen LogP contribution in [0.25, 0.3) is 0 Å². The Balaban J connectivity index is 1.33. The summed E-state index contributed by atoms with van der Waals surface area (Å²) in [7, 11) is 0. The highest BCUT2D eigenvalue weighted by Crippen LogP contribution is 2.30. The Labute approximate surface area is 167 Å². The number of carbonyl (C=O) groups is 1. The predicted molar refractivity (Wildman–Crippen MR) is 103 cm³/mol. The van der Waals surface area contributed by atoms with Gasteiger partial charge in [-0.25, -0.2) is 13.8 Å². The zero-order chi connectivity index (χ0) is 19.8. The first-order chi connectivity index (χ1) is 13.4. The van der Waals surface area contributed by atoms with Gasteiger partial charge in [0.1, 0.15) is 10.8 Å². The van der Waals surface area contributed by atoms with Crippen LogP contribution in [0.2, 0.25) is 5.15 Å². The molecule has 4 rings (SSSR count). The molecule has 0 saturated carbocycles. The number of anilines is 1. The first-order valence-electron chi connectivity index (χ1n) is 9.32. The third-order valence-electron chi connectivity index (χ3n) is 5.50. The van der Waals surface area contributed by atoms with Crippen LogP contribution >= 0.6 is 11.6 Å². The van der Waals surface area contributed by atoms with E-state index in [4.69, 9.17) is 11.6 Å². The van der Waals surface area contributed by atoms with Crippen LogP contribution in [0.3, 0.4) is 0 Å². The quantitative estimate of drug-likeness (QED) is 0.725. The van der Waals surface area contributed by atoms with Crippen molar-refractivity contribution < 1.29 is 13.6 Å². The number of amides is 1. The first-order valence-corrected chi connectivity index (χ1v) is 9.70. The maximum atomic E-state index is 12.8. The number of halogens is 3. The summed E-state index contributed by atoms with van der Waals surface area (Å²) >= 11 is 6.03. The minimum absolute atomic E-state index is 0.132. The molecule has 0 atom stereocenters. The molecular formula is C20H21ClF2N4O. The number of aryl methyl sites for hydroxylation is 1. The minimum Gasteiger partial charge on any atom is -0.371 e. The third kappa shape index (κ3) is 3.81. The Morgan fingerprint density at radius 2 is 2.14 bits per heavy atom. The van der Waals surface area contributed by atoms with Gasteiger partial charge in [-0.1, -0.05) is 11.6 Å². The van der Waals surface area contributed by atoms with Gasteiger partial charge >= 0.3 is 0 Å². The average Bonchev–Trinajstić information content (AvgIpc) is 2.63. The van der Waals surface area contributed by atoms with E-state index >= 15 is 0 Å². The number of nitrogens with zero attached hydrogens (tertiary/aromatic N) is 4. The lowest BCUT2D eigenvalue weighted by molar-refractivity contribution is -0.133. The number of carbonyl (C=O) groups excluding carboxylic acids is 1. The van der Waals surface area contributed by atoms with E-state index in [-0.39, 0.29) is 17.5 Å². The van der Waals surface area contributed by atoms with Gasteiger partial charge in [-0.05, 0) is 36.2 Å². The van der Waals surface area contributed by atoms with Crippen molar-refractivity contribution in [2.75, 3.05) is 24.5 Å².